The predicted molar refractivity (Wildman–Crippen MR) is 93.2 cm³/mol. The number of aliphatic hydroxyl groups excluding tert-OH is 1. The Morgan fingerprint density at radius 3 is 2.35 bits per heavy atom. The summed E-state index contributed by atoms with van der Waals surface area (Å²) >= 11 is 0. The number of β-amino-alcohol motifs (C(OH)–C–C–N with tert-alkyl or cyclic N) is 1. The molecule has 1 aliphatic heterocycles. The number of hydrogen-bond acceptors (Lipinski definition) is 6. The first-order valence-corrected chi connectivity index (χ1v) is 8.48. The van der Waals surface area contributed by atoms with Crippen molar-refractivity contribution in [2.24, 2.45) is 5.92 Å². The van der Waals surface area contributed by atoms with E-state index in [1.807, 2.05) is 0 Å². The van der Waals surface area contributed by atoms with Gasteiger partial charge in [-0.15, -0.1) is 0 Å². The Kier molecular flexibility index (Phi) is 6.02. The first kappa shape index (κ1) is 19.9. The lowest BCUT2D eigenvalue weighted by Crippen LogP contribution is -2.44. The first-order chi connectivity index (χ1) is 12.1. The molecule has 7 heteroatoms. The maximum Gasteiger partial charge on any atom is 0.329 e. The summed E-state index contributed by atoms with van der Waals surface area (Å²) in [4.78, 5) is 38.5. The van der Waals surface area contributed by atoms with E-state index < -0.39 is 41.5 Å². The molecule has 2 rings (SSSR count). The van der Waals surface area contributed by atoms with E-state index in [0.29, 0.717) is 5.56 Å². The van der Waals surface area contributed by atoms with Crippen LogP contribution in [0.2, 0.25) is 0 Å². The zero-order chi connectivity index (χ0) is 19.5. The van der Waals surface area contributed by atoms with Crippen molar-refractivity contribution in [2.75, 3.05) is 13.7 Å². The van der Waals surface area contributed by atoms with Gasteiger partial charge in [-0.3, -0.25) is 9.59 Å². The van der Waals surface area contributed by atoms with Gasteiger partial charge in [-0.1, -0.05) is 18.2 Å². The molecule has 1 N–H and O–H groups in total. The normalized spacial score (nSPS) is 22.8. The maximum absolute atomic E-state index is 12.8. The van der Waals surface area contributed by atoms with E-state index in [0.717, 1.165) is 0 Å². The molecular formula is C19H25NO6. The number of ether oxygens (including phenoxy) is 2. The van der Waals surface area contributed by atoms with Gasteiger partial charge in [0.1, 0.15) is 11.6 Å². The molecule has 0 bridgehead atoms. The molecule has 1 fully saturated rings. The van der Waals surface area contributed by atoms with E-state index in [9.17, 15) is 19.5 Å². The first-order valence-electron chi connectivity index (χ1n) is 8.48. The Morgan fingerprint density at radius 1 is 1.19 bits per heavy atom. The van der Waals surface area contributed by atoms with Gasteiger partial charge in [0.15, 0.2) is 0 Å². The third-order valence-electron chi connectivity index (χ3n) is 4.17. The average Bonchev–Trinajstić information content (AvgIpc) is 2.89. The average molecular weight is 363 g/mol. The van der Waals surface area contributed by atoms with Gasteiger partial charge in [0.2, 0.25) is 0 Å². The van der Waals surface area contributed by atoms with E-state index in [2.05, 4.69) is 0 Å². The van der Waals surface area contributed by atoms with E-state index in [-0.39, 0.29) is 13.0 Å². The number of aliphatic hydroxyl groups is 1. The Hall–Kier alpha value is -2.41. The molecule has 0 aromatic heterocycles. The molecule has 0 spiro atoms. The summed E-state index contributed by atoms with van der Waals surface area (Å²) < 4.78 is 10.1. The van der Waals surface area contributed by atoms with Gasteiger partial charge in [-0.25, -0.2) is 4.79 Å². The molecule has 1 aliphatic rings. The van der Waals surface area contributed by atoms with Gasteiger partial charge in [-0.05, 0) is 32.9 Å². The molecule has 0 saturated carbocycles. The highest BCUT2D eigenvalue weighted by Gasteiger charge is 2.49. The van der Waals surface area contributed by atoms with E-state index >= 15 is 0 Å². The lowest BCUT2D eigenvalue weighted by molar-refractivity contribution is -0.158. The fourth-order valence-corrected chi connectivity index (χ4v) is 3.09. The number of hydrogen-bond donors (Lipinski definition) is 1. The Morgan fingerprint density at radius 2 is 1.81 bits per heavy atom. The predicted octanol–water partition coefficient (Wildman–Crippen LogP) is 1.39. The molecule has 26 heavy (non-hydrogen) atoms. The second kappa shape index (κ2) is 7.86. The van der Waals surface area contributed by atoms with Crippen LogP contribution >= 0.6 is 0 Å². The third kappa shape index (κ3) is 4.60. The molecule has 1 aromatic carbocycles. The molecule has 1 aromatic rings. The van der Waals surface area contributed by atoms with Gasteiger partial charge in [0, 0.05) is 18.0 Å². The lowest BCUT2D eigenvalue weighted by atomic mass is 9.94. The zero-order valence-corrected chi connectivity index (χ0v) is 15.5. The van der Waals surface area contributed by atoms with Crippen LogP contribution in [-0.4, -0.2) is 59.3 Å². The van der Waals surface area contributed by atoms with Crippen LogP contribution in [0.4, 0.5) is 0 Å². The van der Waals surface area contributed by atoms with Crippen LogP contribution in [0, 0.1) is 5.92 Å². The monoisotopic (exact) mass is 363 g/mol. The van der Waals surface area contributed by atoms with Crippen molar-refractivity contribution in [3.8, 4) is 0 Å². The molecule has 3 atom stereocenters. The van der Waals surface area contributed by atoms with Gasteiger partial charge < -0.3 is 19.5 Å². The number of nitrogens with zero attached hydrogens (tertiary/aromatic N) is 1. The fourth-order valence-electron chi connectivity index (χ4n) is 3.09. The largest absolute Gasteiger partial charge is 0.467 e. The highest BCUT2D eigenvalue weighted by atomic mass is 16.6. The van der Waals surface area contributed by atoms with E-state index in [1.165, 1.54) is 12.0 Å². The minimum absolute atomic E-state index is 0.0546. The van der Waals surface area contributed by atoms with Gasteiger partial charge in [0.25, 0.3) is 5.91 Å². The molecule has 142 valence electrons. The molecule has 0 aliphatic carbocycles. The van der Waals surface area contributed by atoms with Crippen LogP contribution in [0.3, 0.4) is 0 Å². The molecule has 1 unspecified atom stereocenters. The number of rotatable bonds is 4. The van der Waals surface area contributed by atoms with Crippen LogP contribution in [0.5, 0.6) is 0 Å². The Labute approximate surface area is 152 Å². The second-order valence-corrected chi connectivity index (χ2v) is 7.31. The SMILES string of the molecule is COC(=O)[C@@H]1[C@@H](CC(=O)OC(C)(C)C)C(O)CN1C(=O)c1ccccc1. The third-order valence-corrected chi connectivity index (χ3v) is 4.17. The molecule has 1 saturated heterocycles. The number of likely N-dealkylation sites (tertiary alicyclic amines) is 1. The number of amides is 1. The second-order valence-electron chi connectivity index (χ2n) is 7.31. The van der Waals surface area contributed by atoms with Gasteiger partial charge >= 0.3 is 11.9 Å². The van der Waals surface area contributed by atoms with E-state index in [4.69, 9.17) is 9.47 Å². The van der Waals surface area contributed by atoms with E-state index in [1.54, 1.807) is 51.1 Å². The standard InChI is InChI=1S/C19H25NO6/c1-19(2,3)26-15(22)10-13-14(21)11-20(16(13)18(24)25-4)17(23)12-8-6-5-7-9-12/h5-9,13-14,16,21H,10-11H2,1-4H3/t13-,14?,16-/m0/s1. The van der Waals surface area contributed by atoms with Crippen LogP contribution < -0.4 is 0 Å². The van der Waals surface area contributed by atoms with Gasteiger partial charge in [-0.2, -0.15) is 0 Å². The smallest absolute Gasteiger partial charge is 0.329 e. The van der Waals surface area contributed by atoms with Gasteiger partial charge in [0.05, 0.1) is 19.6 Å². The van der Waals surface area contributed by atoms with Crippen molar-refractivity contribution < 1.29 is 29.0 Å². The highest BCUT2D eigenvalue weighted by molar-refractivity contribution is 5.97. The van der Waals surface area contributed by atoms with Crippen LogP contribution in [0.15, 0.2) is 30.3 Å². The Balaban J connectivity index is 2.24. The van der Waals surface area contributed by atoms with Crippen molar-refractivity contribution in [3.63, 3.8) is 0 Å². The minimum atomic E-state index is -1.05. The number of carbonyl (C=O) groups excluding carboxylic acids is 3. The Bertz CT molecular complexity index is 666. The van der Waals surface area contributed by atoms with Crippen molar-refractivity contribution in [1.29, 1.82) is 0 Å². The fraction of sp³-hybridized carbons (Fsp3) is 0.526. The summed E-state index contributed by atoms with van der Waals surface area (Å²) in [5.74, 6) is -2.39. The molecule has 1 amide bonds. The lowest BCUT2D eigenvalue weighted by Gasteiger charge is -2.26. The van der Waals surface area contributed by atoms with Crippen LogP contribution in [-0.2, 0) is 19.1 Å². The topological polar surface area (TPSA) is 93.1 Å². The number of methoxy groups -OCH3 is 1. The maximum atomic E-state index is 12.8. The minimum Gasteiger partial charge on any atom is -0.467 e. The zero-order valence-electron chi connectivity index (χ0n) is 15.5. The summed E-state index contributed by atoms with van der Waals surface area (Å²) in [5.41, 5.74) is -0.285. The molecule has 1 heterocycles. The summed E-state index contributed by atoms with van der Waals surface area (Å²) in [6, 6.07) is 7.42. The van der Waals surface area contributed by atoms with Crippen molar-refractivity contribution in [1.82, 2.24) is 4.90 Å². The molecule has 7 nitrogen and oxygen atoms in total. The van der Waals surface area contributed by atoms with Crippen LogP contribution in [0.1, 0.15) is 37.6 Å². The molecular weight excluding hydrogens is 338 g/mol. The summed E-state index contributed by atoms with van der Waals surface area (Å²) in [6.07, 6.45) is -1.21. The summed E-state index contributed by atoms with van der Waals surface area (Å²) in [7, 11) is 1.21. The van der Waals surface area contributed by atoms with Crippen molar-refractivity contribution >= 4 is 17.8 Å². The van der Waals surface area contributed by atoms with Crippen molar-refractivity contribution in [2.45, 2.75) is 44.9 Å². The molecule has 0 radical (unpaired) electrons. The number of esters is 2. The van der Waals surface area contributed by atoms with Crippen molar-refractivity contribution in [3.05, 3.63) is 35.9 Å². The quantitative estimate of drug-likeness (QED) is 0.813. The number of carbonyl (C=O) groups is 3. The van der Waals surface area contributed by atoms with Crippen LogP contribution in [0.25, 0.3) is 0 Å². The summed E-state index contributed by atoms with van der Waals surface area (Å²) in [6.45, 7) is 5.15. The highest BCUT2D eigenvalue weighted by Crippen LogP contribution is 2.31. The summed E-state index contributed by atoms with van der Waals surface area (Å²) in [5, 5.41) is 10.4. The number of benzene rings is 1.